The standard InChI is InChI=1S/C16H14ClF3N4O3/c1-15(16(19,20)7-22-14(21)27-15)9-4-8(2-3-10(9)18)23-13(25)11-6-26-12(5-17)24-11/h2-4,6H,5,7H2,1H3,(H2,21,22)(H,23,25)/t15-/m1/s1. The van der Waals surface area contributed by atoms with Gasteiger partial charge >= 0.3 is 5.92 Å². The summed E-state index contributed by atoms with van der Waals surface area (Å²) in [6.45, 7) is 0.0500. The van der Waals surface area contributed by atoms with Crippen molar-refractivity contribution in [2.24, 2.45) is 10.7 Å². The fraction of sp³-hybridized carbons (Fsp3) is 0.312. The molecule has 0 saturated carbocycles. The minimum Gasteiger partial charge on any atom is -0.448 e. The molecule has 3 N–H and O–H groups in total. The van der Waals surface area contributed by atoms with Crippen LogP contribution in [0.1, 0.15) is 28.9 Å². The number of anilines is 1. The Balaban J connectivity index is 1.92. The van der Waals surface area contributed by atoms with Crippen molar-refractivity contribution in [2.75, 3.05) is 11.9 Å². The van der Waals surface area contributed by atoms with E-state index in [0.717, 1.165) is 25.3 Å². The minimum atomic E-state index is -3.53. The normalized spacial score (nSPS) is 21.3. The van der Waals surface area contributed by atoms with Crippen LogP contribution in [0, 0.1) is 5.82 Å². The van der Waals surface area contributed by atoms with Crippen LogP contribution in [0.2, 0.25) is 0 Å². The van der Waals surface area contributed by atoms with E-state index in [9.17, 15) is 18.0 Å². The molecule has 0 radical (unpaired) electrons. The van der Waals surface area contributed by atoms with Crippen molar-refractivity contribution in [3.8, 4) is 0 Å². The molecule has 2 aromatic rings. The number of rotatable bonds is 4. The summed E-state index contributed by atoms with van der Waals surface area (Å²) in [5.41, 5.74) is 2.50. The molecule has 3 rings (SSSR count). The first-order chi connectivity index (χ1) is 12.7. The second-order valence-electron chi connectivity index (χ2n) is 5.90. The molecule has 7 nitrogen and oxygen atoms in total. The van der Waals surface area contributed by atoms with E-state index in [0.29, 0.717) is 0 Å². The molecule has 1 atom stereocenters. The Morgan fingerprint density at radius 1 is 1.44 bits per heavy atom. The summed E-state index contributed by atoms with van der Waals surface area (Å²) in [5.74, 6) is -5.05. The Bertz CT molecular complexity index is 918. The Morgan fingerprint density at radius 3 is 2.85 bits per heavy atom. The minimum absolute atomic E-state index is 0.0261. The van der Waals surface area contributed by atoms with Crippen LogP contribution >= 0.6 is 11.6 Å². The quantitative estimate of drug-likeness (QED) is 0.765. The molecule has 1 aliphatic heterocycles. The van der Waals surface area contributed by atoms with Crippen LogP contribution < -0.4 is 11.1 Å². The summed E-state index contributed by atoms with van der Waals surface area (Å²) in [4.78, 5) is 19.4. The molecular formula is C16H14ClF3N4O3. The van der Waals surface area contributed by atoms with Gasteiger partial charge in [0.2, 0.25) is 11.5 Å². The highest BCUT2D eigenvalue weighted by atomic mass is 35.5. The Labute approximate surface area is 156 Å². The fourth-order valence-corrected chi connectivity index (χ4v) is 2.66. The molecule has 0 spiro atoms. The highest BCUT2D eigenvalue weighted by molar-refractivity contribution is 6.16. The van der Waals surface area contributed by atoms with Crippen LogP contribution in [-0.2, 0) is 16.2 Å². The number of nitrogens with one attached hydrogen (secondary N) is 1. The van der Waals surface area contributed by atoms with Crippen LogP contribution in [0.25, 0.3) is 0 Å². The summed E-state index contributed by atoms with van der Waals surface area (Å²) in [6, 6.07) is 2.71. The predicted octanol–water partition coefficient (Wildman–Crippen LogP) is 3.00. The van der Waals surface area contributed by atoms with Gasteiger partial charge in [0.15, 0.2) is 5.69 Å². The summed E-state index contributed by atoms with van der Waals surface area (Å²) in [5, 5.41) is 2.42. The van der Waals surface area contributed by atoms with Crippen molar-refractivity contribution in [1.29, 1.82) is 0 Å². The molecule has 1 amide bonds. The molecule has 1 aliphatic rings. The van der Waals surface area contributed by atoms with E-state index < -0.39 is 41.4 Å². The van der Waals surface area contributed by atoms with E-state index >= 15 is 0 Å². The molecule has 0 unspecified atom stereocenters. The van der Waals surface area contributed by atoms with Gasteiger partial charge in [-0.2, -0.15) is 8.78 Å². The van der Waals surface area contributed by atoms with Gasteiger partial charge in [-0.05, 0) is 25.1 Å². The number of hydrogen-bond acceptors (Lipinski definition) is 6. The maximum Gasteiger partial charge on any atom is 0.310 e. The van der Waals surface area contributed by atoms with E-state index in [-0.39, 0.29) is 23.2 Å². The maximum absolute atomic E-state index is 14.4. The number of amidine groups is 1. The van der Waals surface area contributed by atoms with Crippen molar-refractivity contribution >= 4 is 29.2 Å². The van der Waals surface area contributed by atoms with Crippen molar-refractivity contribution in [3.05, 3.63) is 47.4 Å². The highest BCUT2D eigenvalue weighted by Gasteiger charge is 2.57. The first kappa shape index (κ1) is 19.0. The third-order valence-corrected chi connectivity index (χ3v) is 4.31. The number of ether oxygens (including phenoxy) is 1. The van der Waals surface area contributed by atoms with E-state index in [2.05, 4.69) is 15.3 Å². The number of nitrogens with two attached hydrogens (primary N) is 1. The van der Waals surface area contributed by atoms with Gasteiger partial charge in [0.25, 0.3) is 11.9 Å². The van der Waals surface area contributed by atoms with Crippen molar-refractivity contribution in [1.82, 2.24) is 4.98 Å². The molecule has 0 aliphatic carbocycles. The van der Waals surface area contributed by atoms with Gasteiger partial charge in [0.1, 0.15) is 18.6 Å². The number of aliphatic imine (C=N–C) groups is 1. The topological polar surface area (TPSA) is 103 Å². The van der Waals surface area contributed by atoms with Gasteiger partial charge < -0.3 is 20.2 Å². The second kappa shape index (κ2) is 6.76. The third kappa shape index (κ3) is 3.44. The molecule has 27 heavy (non-hydrogen) atoms. The van der Waals surface area contributed by atoms with Gasteiger partial charge in [-0.1, -0.05) is 0 Å². The van der Waals surface area contributed by atoms with Gasteiger partial charge in [0.05, 0.1) is 5.88 Å². The SMILES string of the molecule is C[C@]1(c2cc(NC(=O)c3coc(CCl)n3)ccc2F)OC(N)=NCC1(F)F. The molecular weight excluding hydrogens is 389 g/mol. The smallest absolute Gasteiger partial charge is 0.310 e. The fourth-order valence-electron chi connectivity index (χ4n) is 2.54. The lowest BCUT2D eigenvalue weighted by Gasteiger charge is -2.39. The largest absolute Gasteiger partial charge is 0.448 e. The highest BCUT2D eigenvalue weighted by Crippen LogP contribution is 2.44. The average Bonchev–Trinajstić information content (AvgIpc) is 3.10. The van der Waals surface area contributed by atoms with Gasteiger partial charge in [0, 0.05) is 11.3 Å². The number of carbonyl (C=O) groups excluding carboxylic acids is 1. The zero-order valence-corrected chi connectivity index (χ0v) is 14.7. The molecule has 0 saturated heterocycles. The maximum atomic E-state index is 14.4. The predicted molar refractivity (Wildman–Crippen MR) is 90.3 cm³/mol. The molecule has 0 bridgehead atoms. The van der Waals surface area contributed by atoms with E-state index in [1.54, 1.807) is 0 Å². The molecule has 11 heteroatoms. The van der Waals surface area contributed by atoms with Gasteiger partial charge in [-0.3, -0.25) is 4.79 Å². The molecule has 1 aromatic carbocycles. The number of hydrogen-bond donors (Lipinski definition) is 2. The lowest BCUT2D eigenvalue weighted by Crippen LogP contribution is -2.53. The zero-order chi connectivity index (χ0) is 19.8. The molecule has 1 aromatic heterocycles. The number of alkyl halides is 3. The van der Waals surface area contributed by atoms with Crippen LogP contribution in [0.4, 0.5) is 18.9 Å². The Kier molecular flexibility index (Phi) is 4.77. The number of benzene rings is 1. The second-order valence-corrected chi connectivity index (χ2v) is 6.17. The van der Waals surface area contributed by atoms with E-state index in [1.165, 1.54) is 6.07 Å². The zero-order valence-electron chi connectivity index (χ0n) is 13.9. The number of carbonyl (C=O) groups is 1. The molecule has 0 fully saturated rings. The Hall–Kier alpha value is -2.75. The Morgan fingerprint density at radius 2 is 2.19 bits per heavy atom. The van der Waals surface area contributed by atoms with Crippen molar-refractivity contribution < 1.29 is 27.1 Å². The van der Waals surface area contributed by atoms with Crippen LogP contribution in [0.3, 0.4) is 0 Å². The lowest BCUT2D eigenvalue weighted by molar-refractivity contribution is -0.173. The number of amides is 1. The summed E-state index contributed by atoms with van der Waals surface area (Å²) in [7, 11) is 0. The van der Waals surface area contributed by atoms with Gasteiger partial charge in [-0.25, -0.2) is 14.4 Å². The monoisotopic (exact) mass is 402 g/mol. The third-order valence-electron chi connectivity index (χ3n) is 4.08. The number of oxazole rings is 1. The van der Waals surface area contributed by atoms with Crippen molar-refractivity contribution in [2.45, 2.75) is 24.3 Å². The first-order valence-electron chi connectivity index (χ1n) is 7.65. The van der Waals surface area contributed by atoms with Crippen LogP contribution in [0.15, 0.2) is 33.9 Å². The van der Waals surface area contributed by atoms with Gasteiger partial charge in [-0.15, -0.1) is 11.6 Å². The number of nitrogens with zero attached hydrogens (tertiary/aromatic N) is 2. The average molecular weight is 403 g/mol. The summed E-state index contributed by atoms with van der Waals surface area (Å²) >= 11 is 5.55. The molecule has 144 valence electrons. The van der Waals surface area contributed by atoms with E-state index in [1.807, 2.05) is 0 Å². The summed E-state index contributed by atoms with van der Waals surface area (Å²) < 4.78 is 53.1. The molecule has 2 heterocycles. The number of halogens is 4. The first-order valence-corrected chi connectivity index (χ1v) is 8.18. The van der Waals surface area contributed by atoms with Crippen LogP contribution in [0.5, 0.6) is 0 Å². The lowest BCUT2D eigenvalue weighted by atomic mass is 9.87. The number of aromatic nitrogens is 1. The van der Waals surface area contributed by atoms with Crippen LogP contribution in [-0.4, -0.2) is 29.4 Å². The van der Waals surface area contributed by atoms with Crippen molar-refractivity contribution in [3.63, 3.8) is 0 Å². The van der Waals surface area contributed by atoms with E-state index in [4.69, 9.17) is 26.5 Å². The summed E-state index contributed by atoms with van der Waals surface area (Å²) in [6.07, 6.45) is 1.09.